The van der Waals surface area contributed by atoms with Crippen LogP contribution in [0.15, 0.2) is 18.7 Å². The number of ether oxygens (including phenoxy) is 1. The van der Waals surface area contributed by atoms with E-state index in [0.717, 1.165) is 6.42 Å². The van der Waals surface area contributed by atoms with Crippen molar-refractivity contribution in [1.82, 2.24) is 14.9 Å². The van der Waals surface area contributed by atoms with E-state index in [4.69, 9.17) is 4.74 Å². The van der Waals surface area contributed by atoms with E-state index in [1.807, 2.05) is 13.8 Å². The maximum Gasteiger partial charge on any atom is 0.326 e. The minimum atomic E-state index is -0.156. The lowest BCUT2D eigenvalue weighted by Gasteiger charge is -2.08. The van der Waals surface area contributed by atoms with E-state index in [9.17, 15) is 4.79 Å². The molecule has 0 aliphatic rings. The molecule has 0 radical (unpaired) electrons. The van der Waals surface area contributed by atoms with Gasteiger partial charge in [-0.15, -0.1) is 0 Å². The standard InChI is InChI=1S/C10H17N3O2/c1-9(2)15-7-3-4-12-10(14)13-6-5-11-8-13/h5-6,8-9H,3-4,7H2,1-2H3,(H,12,14). The van der Waals surface area contributed by atoms with Crippen LogP contribution in [0, 0.1) is 0 Å². The van der Waals surface area contributed by atoms with E-state index in [2.05, 4.69) is 10.3 Å². The molecule has 0 aliphatic carbocycles. The lowest BCUT2D eigenvalue weighted by molar-refractivity contribution is 0.0774. The number of imidazole rings is 1. The first-order valence-corrected chi connectivity index (χ1v) is 5.08. The SMILES string of the molecule is CC(C)OCCCNC(=O)n1ccnc1. The Morgan fingerprint density at radius 3 is 3.00 bits per heavy atom. The predicted octanol–water partition coefficient (Wildman–Crippen LogP) is 1.26. The van der Waals surface area contributed by atoms with Crippen molar-refractivity contribution in [3.8, 4) is 0 Å². The molecular weight excluding hydrogens is 194 g/mol. The van der Waals surface area contributed by atoms with Gasteiger partial charge < -0.3 is 10.1 Å². The van der Waals surface area contributed by atoms with Gasteiger partial charge in [-0.05, 0) is 20.3 Å². The molecule has 1 aromatic rings. The second-order valence-electron chi connectivity index (χ2n) is 3.47. The van der Waals surface area contributed by atoms with E-state index in [0.29, 0.717) is 13.2 Å². The summed E-state index contributed by atoms with van der Waals surface area (Å²) in [6.07, 6.45) is 5.72. The number of hydrogen-bond acceptors (Lipinski definition) is 3. The highest BCUT2D eigenvalue weighted by Gasteiger charge is 2.01. The molecule has 1 rings (SSSR count). The molecule has 0 bridgehead atoms. The van der Waals surface area contributed by atoms with Gasteiger partial charge in [-0.2, -0.15) is 0 Å². The first kappa shape index (κ1) is 11.7. The molecule has 0 atom stereocenters. The largest absolute Gasteiger partial charge is 0.379 e. The predicted molar refractivity (Wildman–Crippen MR) is 56.7 cm³/mol. The second kappa shape index (κ2) is 6.19. The summed E-state index contributed by atoms with van der Waals surface area (Å²) in [5, 5.41) is 2.76. The molecule has 1 heterocycles. The molecule has 15 heavy (non-hydrogen) atoms. The quantitative estimate of drug-likeness (QED) is 0.746. The third-order valence-corrected chi connectivity index (χ3v) is 1.79. The molecule has 84 valence electrons. The van der Waals surface area contributed by atoms with Crippen molar-refractivity contribution in [3.63, 3.8) is 0 Å². The van der Waals surface area contributed by atoms with Gasteiger partial charge in [-0.1, -0.05) is 0 Å². The fourth-order valence-electron chi connectivity index (χ4n) is 1.06. The number of hydrogen-bond donors (Lipinski definition) is 1. The number of carbonyl (C=O) groups excluding carboxylic acids is 1. The lowest BCUT2D eigenvalue weighted by atomic mass is 10.4. The molecule has 1 amide bonds. The zero-order valence-electron chi connectivity index (χ0n) is 9.14. The van der Waals surface area contributed by atoms with Crippen LogP contribution in [0.2, 0.25) is 0 Å². The van der Waals surface area contributed by atoms with E-state index >= 15 is 0 Å². The van der Waals surface area contributed by atoms with Crippen LogP contribution < -0.4 is 5.32 Å². The van der Waals surface area contributed by atoms with Gasteiger partial charge in [0.2, 0.25) is 0 Å². The summed E-state index contributed by atoms with van der Waals surface area (Å²) in [4.78, 5) is 15.2. The Morgan fingerprint density at radius 2 is 2.40 bits per heavy atom. The second-order valence-corrected chi connectivity index (χ2v) is 3.47. The molecule has 1 aromatic heterocycles. The smallest absolute Gasteiger partial charge is 0.326 e. The number of carbonyl (C=O) groups is 1. The average molecular weight is 211 g/mol. The van der Waals surface area contributed by atoms with Gasteiger partial charge in [0, 0.05) is 25.5 Å². The third-order valence-electron chi connectivity index (χ3n) is 1.79. The minimum Gasteiger partial charge on any atom is -0.379 e. The molecule has 0 saturated carbocycles. The van der Waals surface area contributed by atoms with Crippen molar-refractivity contribution >= 4 is 6.03 Å². The molecule has 0 aromatic carbocycles. The van der Waals surface area contributed by atoms with Crippen LogP contribution in [0.1, 0.15) is 20.3 Å². The Bertz CT molecular complexity index is 283. The Hall–Kier alpha value is -1.36. The van der Waals surface area contributed by atoms with Crippen LogP contribution in [0.25, 0.3) is 0 Å². The molecule has 5 heteroatoms. The number of rotatable bonds is 5. The normalized spacial score (nSPS) is 10.6. The van der Waals surface area contributed by atoms with E-state index in [1.165, 1.54) is 10.9 Å². The summed E-state index contributed by atoms with van der Waals surface area (Å²) in [7, 11) is 0. The van der Waals surface area contributed by atoms with Crippen molar-refractivity contribution < 1.29 is 9.53 Å². The van der Waals surface area contributed by atoms with Crippen molar-refractivity contribution in [2.45, 2.75) is 26.4 Å². The van der Waals surface area contributed by atoms with Gasteiger partial charge in [-0.25, -0.2) is 9.78 Å². The molecule has 5 nitrogen and oxygen atoms in total. The highest BCUT2D eigenvalue weighted by atomic mass is 16.5. The maximum absolute atomic E-state index is 11.4. The topological polar surface area (TPSA) is 56.1 Å². The van der Waals surface area contributed by atoms with E-state index in [-0.39, 0.29) is 12.1 Å². The molecule has 0 saturated heterocycles. The summed E-state index contributed by atoms with van der Waals surface area (Å²) < 4.78 is 6.75. The van der Waals surface area contributed by atoms with Crippen molar-refractivity contribution in [2.24, 2.45) is 0 Å². The molecule has 0 spiro atoms. The van der Waals surface area contributed by atoms with Crippen molar-refractivity contribution in [2.75, 3.05) is 13.2 Å². The van der Waals surface area contributed by atoms with Crippen LogP contribution in [-0.2, 0) is 4.74 Å². The third kappa shape index (κ3) is 4.60. The van der Waals surface area contributed by atoms with Gasteiger partial charge in [0.15, 0.2) is 0 Å². The fraction of sp³-hybridized carbons (Fsp3) is 0.600. The van der Waals surface area contributed by atoms with Gasteiger partial charge in [0.1, 0.15) is 6.33 Å². The number of nitrogens with one attached hydrogen (secondary N) is 1. The molecular formula is C10H17N3O2. The summed E-state index contributed by atoms with van der Waals surface area (Å²) in [6.45, 7) is 5.26. The molecule has 0 fully saturated rings. The zero-order valence-corrected chi connectivity index (χ0v) is 9.14. The van der Waals surface area contributed by atoms with Crippen molar-refractivity contribution in [3.05, 3.63) is 18.7 Å². The van der Waals surface area contributed by atoms with Gasteiger partial charge in [0.25, 0.3) is 0 Å². The van der Waals surface area contributed by atoms with Crippen LogP contribution in [0.4, 0.5) is 4.79 Å². The van der Waals surface area contributed by atoms with Gasteiger partial charge in [-0.3, -0.25) is 4.57 Å². The molecule has 1 N–H and O–H groups in total. The zero-order chi connectivity index (χ0) is 11.1. The Labute approximate surface area is 89.4 Å². The lowest BCUT2D eigenvalue weighted by Crippen LogP contribution is -2.29. The average Bonchev–Trinajstić information content (AvgIpc) is 2.69. The number of nitrogens with zero attached hydrogens (tertiary/aromatic N) is 2. The maximum atomic E-state index is 11.4. The van der Waals surface area contributed by atoms with Gasteiger partial charge in [0.05, 0.1) is 6.10 Å². The highest BCUT2D eigenvalue weighted by molar-refractivity contribution is 5.76. The molecule has 0 aliphatic heterocycles. The van der Waals surface area contributed by atoms with Crippen LogP contribution in [-0.4, -0.2) is 34.8 Å². The number of aromatic nitrogens is 2. The summed E-state index contributed by atoms with van der Waals surface area (Å²) in [6, 6.07) is -0.156. The Kier molecular flexibility index (Phi) is 4.83. The molecule has 0 unspecified atom stereocenters. The van der Waals surface area contributed by atoms with Crippen LogP contribution in [0.3, 0.4) is 0 Å². The Balaban J connectivity index is 2.08. The van der Waals surface area contributed by atoms with E-state index in [1.54, 1.807) is 12.4 Å². The van der Waals surface area contributed by atoms with Gasteiger partial charge >= 0.3 is 6.03 Å². The van der Waals surface area contributed by atoms with E-state index < -0.39 is 0 Å². The van der Waals surface area contributed by atoms with Crippen molar-refractivity contribution in [1.29, 1.82) is 0 Å². The first-order chi connectivity index (χ1) is 7.20. The summed E-state index contributed by atoms with van der Waals surface area (Å²) in [5.41, 5.74) is 0. The summed E-state index contributed by atoms with van der Waals surface area (Å²) in [5.74, 6) is 0. The summed E-state index contributed by atoms with van der Waals surface area (Å²) >= 11 is 0. The highest BCUT2D eigenvalue weighted by Crippen LogP contribution is 1.90. The fourth-order valence-corrected chi connectivity index (χ4v) is 1.06. The van der Waals surface area contributed by atoms with Crippen LogP contribution in [0.5, 0.6) is 0 Å². The first-order valence-electron chi connectivity index (χ1n) is 5.08. The number of amides is 1. The Morgan fingerprint density at radius 1 is 1.60 bits per heavy atom. The minimum absolute atomic E-state index is 0.156. The van der Waals surface area contributed by atoms with Crippen LogP contribution >= 0.6 is 0 Å². The monoisotopic (exact) mass is 211 g/mol.